The maximum atomic E-state index is 12.4. The van der Waals surface area contributed by atoms with Crippen LogP contribution in [0, 0.1) is 0 Å². The van der Waals surface area contributed by atoms with Gasteiger partial charge >= 0.3 is 12.1 Å². The van der Waals surface area contributed by atoms with E-state index in [4.69, 9.17) is 21.7 Å². The molecule has 146 valence electrons. The van der Waals surface area contributed by atoms with Gasteiger partial charge in [-0.05, 0) is 26.0 Å². The molecule has 1 heterocycles. The number of carbonyl (C=O) groups is 3. The zero-order valence-electron chi connectivity index (χ0n) is 15.3. The highest BCUT2D eigenvalue weighted by atomic mass is 32.2. The predicted octanol–water partition coefficient (Wildman–Crippen LogP) is 2.59. The molecule has 1 aromatic carbocycles. The van der Waals surface area contributed by atoms with Gasteiger partial charge in [-0.3, -0.25) is 9.59 Å². The summed E-state index contributed by atoms with van der Waals surface area (Å²) in [6.07, 6.45) is -0.492. The molecule has 0 atom stereocenters. The minimum absolute atomic E-state index is 0.160. The van der Waals surface area contributed by atoms with E-state index in [1.807, 2.05) is 4.90 Å². The van der Waals surface area contributed by atoms with Gasteiger partial charge in [-0.15, -0.1) is 0 Å². The van der Waals surface area contributed by atoms with Crippen LogP contribution in [0.2, 0.25) is 0 Å². The summed E-state index contributed by atoms with van der Waals surface area (Å²) in [5.41, 5.74) is 0.376. The smallest absolute Gasteiger partial charge is 0.415 e. The number of thiocarbonyl (C=S) groups is 1. The molecule has 1 aliphatic heterocycles. The monoisotopic (exact) mass is 410 g/mol. The number of nitrogens with zero attached hydrogens (tertiary/aromatic N) is 2. The molecule has 0 unspecified atom stereocenters. The first kappa shape index (κ1) is 21.2. The van der Waals surface area contributed by atoms with Crippen molar-refractivity contribution >= 4 is 46.1 Å². The van der Waals surface area contributed by atoms with Gasteiger partial charge < -0.3 is 19.3 Å². The van der Waals surface area contributed by atoms with Gasteiger partial charge in [0.15, 0.2) is 5.78 Å². The van der Waals surface area contributed by atoms with E-state index < -0.39 is 6.09 Å². The van der Waals surface area contributed by atoms with Crippen LogP contribution in [0.25, 0.3) is 0 Å². The Labute approximate surface area is 168 Å². The Morgan fingerprint density at radius 1 is 1.11 bits per heavy atom. The lowest BCUT2D eigenvalue weighted by Crippen LogP contribution is -2.50. The third-order valence-electron chi connectivity index (χ3n) is 3.88. The molecule has 0 aromatic heterocycles. The number of Topliss-reactive ketones (excluding diaryl/α,β-unsaturated/α-hetero) is 1. The third kappa shape index (κ3) is 6.21. The lowest BCUT2D eigenvalue weighted by atomic mass is 10.1. The van der Waals surface area contributed by atoms with E-state index in [-0.39, 0.29) is 23.3 Å². The topological polar surface area (TPSA) is 76.2 Å². The van der Waals surface area contributed by atoms with Crippen molar-refractivity contribution in [1.82, 2.24) is 9.80 Å². The number of benzene rings is 1. The number of piperazine rings is 1. The van der Waals surface area contributed by atoms with Gasteiger partial charge in [0.25, 0.3) is 0 Å². The number of ketones is 1. The van der Waals surface area contributed by atoms with Crippen LogP contribution in [0.3, 0.4) is 0 Å². The van der Waals surface area contributed by atoms with E-state index in [2.05, 4.69) is 0 Å². The summed E-state index contributed by atoms with van der Waals surface area (Å²) >= 11 is 6.60. The van der Waals surface area contributed by atoms with Crippen molar-refractivity contribution in [1.29, 1.82) is 0 Å². The molecule has 0 spiro atoms. The van der Waals surface area contributed by atoms with Crippen molar-refractivity contribution in [2.45, 2.75) is 13.8 Å². The van der Waals surface area contributed by atoms with Gasteiger partial charge in [0.2, 0.25) is 0 Å². The Kier molecular flexibility index (Phi) is 8.05. The molecule has 0 N–H and O–H groups in total. The number of hydrogen-bond donors (Lipinski definition) is 0. The molecule has 9 heteroatoms. The summed E-state index contributed by atoms with van der Waals surface area (Å²) in [5.74, 6) is -0.0159. The zero-order chi connectivity index (χ0) is 19.8. The second-order valence-electron chi connectivity index (χ2n) is 5.75. The number of thioether (sulfide) groups is 1. The second kappa shape index (κ2) is 10.3. The predicted molar refractivity (Wildman–Crippen MR) is 107 cm³/mol. The average molecular weight is 411 g/mol. The highest BCUT2D eigenvalue weighted by Crippen LogP contribution is 2.20. The molecule has 7 nitrogen and oxygen atoms in total. The lowest BCUT2D eigenvalue weighted by Gasteiger charge is -2.35. The highest BCUT2D eigenvalue weighted by molar-refractivity contribution is 8.23. The molecular weight excluding hydrogens is 388 g/mol. The molecule has 1 aliphatic rings. The van der Waals surface area contributed by atoms with E-state index in [1.165, 1.54) is 18.7 Å². The molecule has 2 rings (SSSR count). The summed E-state index contributed by atoms with van der Waals surface area (Å²) in [6, 6.07) is 6.67. The van der Waals surface area contributed by atoms with E-state index in [1.54, 1.807) is 36.1 Å². The number of esters is 1. The second-order valence-corrected chi connectivity index (χ2v) is 7.36. The Bertz CT molecular complexity index is 717. The molecule has 1 aromatic rings. The van der Waals surface area contributed by atoms with Gasteiger partial charge in [0, 0.05) is 26.2 Å². The molecule has 1 saturated heterocycles. The largest absolute Gasteiger partial charge is 0.465 e. The standard InChI is InChI=1S/C18H22N2O5S2/c1-3-24-16(22)12-27-18(26)20-10-8-19(9-11-20)17(23)25-15-7-5-4-6-14(15)13(2)21/h4-7H,3,8-12H2,1-2H3. The van der Waals surface area contributed by atoms with Crippen molar-refractivity contribution in [3.63, 3.8) is 0 Å². The van der Waals surface area contributed by atoms with Gasteiger partial charge in [-0.25, -0.2) is 4.79 Å². The first-order valence-corrected chi connectivity index (χ1v) is 9.95. The Balaban J connectivity index is 1.83. The first-order valence-electron chi connectivity index (χ1n) is 8.56. The lowest BCUT2D eigenvalue weighted by molar-refractivity contribution is -0.139. The Morgan fingerprint density at radius 3 is 2.37 bits per heavy atom. The third-order valence-corrected chi connectivity index (χ3v) is 5.38. The number of para-hydroxylation sites is 1. The number of ether oxygens (including phenoxy) is 2. The van der Waals surface area contributed by atoms with E-state index in [9.17, 15) is 14.4 Å². The quantitative estimate of drug-likeness (QED) is 0.417. The van der Waals surface area contributed by atoms with Crippen LogP contribution in [0.1, 0.15) is 24.2 Å². The summed E-state index contributed by atoms with van der Waals surface area (Å²) in [5, 5.41) is 0. The van der Waals surface area contributed by atoms with Crippen LogP contribution >= 0.6 is 24.0 Å². The number of carbonyl (C=O) groups excluding carboxylic acids is 3. The average Bonchev–Trinajstić information content (AvgIpc) is 2.66. The minimum Gasteiger partial charge on any atom is -0.465 e. The van der Waals surface area contributed by atoms with Gasteiger partial charge in [0.1, 0.15) is 10.1 Å². The summed E-state index contributed by atoms with van der Waals surface area (Å²) in [4.78, 5) is 38.9. The van der Waals surface area contributed by atoms with Gasteiger partial charge in [-0.1, -0.05) is 36.1 Å². The maximum absolute atomic E-state index is 12.4. The maximum Gasteiger partial charge on any atom is 0.415 e. The molecule has 1 amide bonds. The van der Waals surface area contributed by atoms with Crippen LogP contribution < -0.4 is 4.74 Å². The van der Waals surface area contributed by atoms with E-state index in [0.717, 1.165) is 0 Å². The normalized spacial score (nSPS) is 13.9. The van der Waals surface area contributed by atoms with Gasteiger partial charge in [-0.2, -0.15) is 0 Å². The number of rotatable bonds is 5. The summed E-state index contributed by atoms with van der Waals surface area (Å²) in [7, 11) is 0. The summed E-state index contributed by atoms with van der Waals surface area (Å²) < 4.78 is 10.9. The molecule has 0 aliphatic carbocycles. The fourth-order valence-electron chi connectivity index (χ4n) is 2.49. The van der Waals surface area contributed by atoms with Crippen molar-refractivity contribution < 1.29 is 23.9 Å². The Morgan fingerprint density at radius 2 is 1.74 bits per heavy atom. The molecule has 1 fully saturated rings. The van der Waals surface area contributed by atoms with Crippen LogP contribution in [0.4, 0.5) is 4.79 Å². The van der Waals surface area contributed by atoms with Crippen molar-refractivity contribution in [2.24, 2.45) is 0 Å². The van der Waals surface area contributed by atoms with Crippen LogP contribution in [-0.4, -0.2) is 70.5 Å². The number of hydrogen-bond acceptors (Lipinski definition) is 7. The molecule has 0 bridgehead atoms. The van der Waals surface area contributed by atoms with Crippen molar-refractivity contribution in [3.05, 3.63) is 29.8 Å². The first-order chi connectivity index (χ1) is 12.9. The van der Waals surface area contributed by atoms with Crippen LogP contribution in [0.5, 0.6) is 5.75 Å². The summed E-state index contributed by atoms with van der Waals surface area (Å²) in [6.45, 7) is 5.53. The van der Waals surface area contributed by atoms with Gasteiger partial charge in [0.05, 0.1) is 17.9 Å². The molecule has 27 heavy (non-hydrogen) atoms. The molecular formula is C18H22N2O5S2. The fourth-order valence-corrected chi connectivity index (χ4v) is 3.54. The zero-order valence-corrected chi connectivity index (χ0v) is 16.9. The highest BCUT2D eigenvalue weighted by Gasteiger charge is 2.25. The molecule has 0 saturated carbocycles. The number of amides is 1. The molecule has 0 radical (unpaired) electrons. The van der Waals surface area contributed by atoms with Crippen molar-refractivity contribution in [3.8, 4) is 5.75 Å². The minimum atomic E-state index is -0.492. The van der Waals surface area contributed by atoms with Crippen molar-refractivity contribution in [2.75, 3.05) is 38.5 Å². The fraction of sp³-hybridized carbons (Fsp3) is 0.444. The van der Waals surface area contributed by atoms with E-state index >= 15 is 0 Å². The van der Waals surface area contributed by atoms with Crippen LogP contribution in [-0.2, 0) is 9.53 Å². The Hall–Kier alpha value is -2.13. The van der Waals surface area contributed by atoms with E-state index in [0.29, 0.717) is 42.7 Å². The SMILES string of the molecule is CCOC(=O)CSC(=S)N1CCN(C(=O)Oc2ccccc2C(C)=O)CC1. The van der Waals surface area contributed by atoms with Crippen LogP contribution in [0.15, 0.2) is 24.3 Å².